The van der Waals surface area contributed by atoms with Crippen LogP contribution in [-0.2, 0) is 13.1 Å². The number of quaternary nitrogens is 1. The molecule has 0 amide bonds. The summed E-state index contributed by atoms with van der Waals surface area (Å²) in [7, 11) is 3.71. The molecule has 132 valence electrons. The maximum absolute atomic E-state index is 6.09. The van der Waals surface area contributed by atoms with Crippen molar-refractivity contribution < 1.29 is 18.5 Å². The molecule has 1 unspecified atom stereocenters. The van der Waals surface area contributed by atoms with Gasteiger partial charge in [-0.3, -0.25) is 0 Å². The summed E-state index contributed by atoms with van der Waals surface area (Å²) in [6.45, 7) is 5.10. The van der Waals surface area contributed by atoms with Gasteiger partial charge in [0.2, 0.25) is 0 Å². The van der Waals surface area contributed by atoms with Gasteiger partial charge in [-0.15, -0.1) is 10.2 Å². The Balaban J connectivity index is 1.71. The maximum Gasteiger partial charge on any atom is 0.271 e. The molecule has 1 N–H and O–H groups in total. The summed E-state index contributed by atoms with van der Waals surface area (Å²) in [5, 5.41) is 8.97. The summed E-state index contributed by atoms with van der Waals surface area (Å²) in [6, 6.07) is 7.51. The minimum Gasteiger partial charge on any atom is -0.496 e. The van der Waals surface area contributed by atoms with Crippen molar-refractivity contribution in [2.75, 3.05) is 14.2 Å². The quantitative estimate of drug-likeness (QED) is 0.730. The number of furan rings is 1. The van der Waals surface area contributed by atoms with Gasteiger partial charge >= 0.3 is 0 Å². The number of hydrogen-bond acceptors (Lipinski definition) is 5. The second kappa shape index (κ2) is 7.29. The Morgan fingerprint density at radius 1 is 1.12 bits per heavy atom. The van der Waals surface area contributed by atoms with Gasteiger partial charge in [0, 0.05) is 10.6 Å². The number of nitrogens with zero attached hydrogens (tertiary/aromatic N) is 2. The molecule has 0 saturated carbocycles. The molecule has 7 heteroatoms. The lowest BCUT2D eigenvalue weighted by Crippen LogP contribution is -3.06. The molecule has 3 aromatic rings. The van der Waals surface area contributed by atoms with E-state index in [9.17, 15) is 0 Å². The van der Waals surface area contributed by atoms with E-state index in [0.717, 1.165) is 34.9 Å². The fraction of sp³-hybridized carbons (Fsp3) is 0.333. The second-order valence-corrected chi connectivity index (χ2v) is 6.53. The van der Waals surface area contributed by atoms with Crippen LogP contribution in [0.3, 0.4) is 0 Å². The van der Waals surface area contributed by atoms with Crippen LogP contribution in [0.4, 0.5) is 0 Å². The Bertz CT molecular complexity index is 872. The molecule has 1 aromatic carbocycles. The molecule has 0 bridgehead atoms. The topological polar surface area (TPSA) is 65.7 Å². The van der Waals surface area contributed by atoms with Crippen LogP contribution in [0.15, 0.2) is 33.1 Å². The first kappa shape index (κ1) is 17.5. The lowest BCUT2D eigenvalue weighted by molar-refractivity contribution is -0.909. The van der Waals surface area contributed by atoms with Crippen molar-refractivity contribution in [2.24, 2.45) is 0 Å². The predicted molar refractivity (Wildman–Crippen MR) is 93.8 cm³/mol. The molecule has 3 rings (SSSR count). The standard InChI is InChI=1S/C18H20ClN3O3/c1-11-7-15(12(2)24-11)18-21-20-17(25-18)10-22(3)9-13-8-14(19)5-6-16(13)23-4/h5-8H,9-10H2,1-4H3/p+1. The molecule has 2 heterocycles. The number of aryl methyl sites for hydroxylation is 2. The lowest BCUT2D eigenvalue weighted by atomic mass is 10.2. The second-order valence-electron chi connectivity index (χ2n) is 6.09. The molecule has 6 nitrogen and oxygen atoms in total. The molecule has 2 aromatic heterocycles. The minimum atomic E-state index is 0.484. The van der Waals surface area contributed by atoms with Crippen molar-refractivity contribution in [2.45, 2.75) is 26.9 Å². The van der Waals surface area contributed by atoms with Gasteiger partial charge in [-0.25, -0.2) is 0 Å². The zero-order valence-electron chi connectivity index (χ0n) is 14.7. The van der Waals surface area contributed by atoms with Gasteiger partial charge in [0.25, 0.3) is 11.8 Å². The zero-order valence-corrected chi connectivity index (χ0v) is 15.5. The highest BCUT2D eigenvalue weighted by atomic mass is 35.5. The first-order valence-corrected chi connectivity index (χ1v) is 8.37. The molecule has 1 atom stereocenters. The number of aromatic nitrogens is 2. The predicted octanol–water partition coefficient (Wildman–Crippen LogP) is 2.82. The van der Waals surface area contributed by atoms with Crippen molar-refractivity contribution in [3.8, 4) is 17.2 Å². The van der Waals surface area contributed by atoms with E-state index < -0.39 is 0 Å². The van der Waals surface area contributed by atoms with Crippen LogP contribution in [0.5, 0.6) is 5.75 Å². The third-order valence-corrected chi connectivity index (χ3v) is 4.16. The molecule has 0 fully saturated rings. The largest absolute Gasteiger partial charge is 0.496 e. The number of hydrogen-bond donors (Lipinski definition) is 1. The van der Waals surface area contributed by atoms with Gasteiger partial charge in [-0.05, 0) is 38.1 Å². The summed E-state index contributed by atoms with van der Waals surface area (Å²) in [4.78, 5) is 1.18. The summed E-state index contributed by atoms with van der Waals surface area (Å²) in [6.07, 6.45) is 0. The van der Waals surface area contributed by atoms with Crippen molar-refractivity contribution in [3.05, 3.63) is 52.3 Å². The van der Waals surface area contributed by atoms with E-state index in [-0.39, 0.29) is 0 Å². The molecule has 25 heavy (non-hydrogen) atoms. The Hall–Kier alpha value is -2.31. The van der Waals surface area contributed by atoms with Crippen LogP contribution in [0.25, 0.3) is 11.5 Å². The Labute approximate surface area is 151 Å². The van der Waals surface area contributed by atoms with Crippen LogP contribution in [0, 0.1) is 13.8 Å². The van der Waals surface area contributed by atoms with Crippen molar-refractivity contribution in [1.29, 1.82) is 0 Å². The van der Waals surface area contributed by atoms with E-state index in [4.69, 9.17) is 25.2 Å². The third-order valence-electron chi connectivity index (χ3n) is 3.93. The maximum atomic E-state index is 6.09. The van der Waals surface area contributed by atoms with Gasteiger partial charge in [-0.2, -0.15) is 0 Å². The van der Waals surface area contributed by atoms with Gasteiger partial charge in [0.15, 0.2) is 6.54 Å². The Morgan fingerprint density at radius 3 is 2.60 bits per heavy atom. The van der Waals surface area contributed by atoms with Gasteiger partial charge < -0.3 is 18.5 Å². The number of halogens is 1. The molecule has 0 aliphatic carbocycles. The fourth-order valence-electron chi connectivity index (χ4n) is 2.81. The monoisotopic (exact) mass is 362 g/mol. The van der Waals surface area contributed by atoms with Crippen LogP contribution in [-0.4, -0.2) is 24.4 Å². The van der Waals surface area contributed by atoms with Crippen LogP contribution in [0.2, 0.25) is 5.02 Å². The highest BCUT2D eigenvalue weighted by molar-refractivity contribution is 6.30. The van der Waals surface area contributed by atoms with Crippen LogP contribution < -0.4 is 9.64 Å². The van der Waals surface area contributed by atoms with Gasteiger partial charge in [0.1, 0.15) is 23.8 Å². The SMILES string of the molecule is COc1ccc(Cl)cc1C[NH+](C)Cc1nnc(-c2cc(C)oc2C)o1. The first-order chi connectivity index (χ1) is 12.0. The van der Waals surface area contributed by atoms with E-state index >= 15 is 0 Å². The van der Waals surface area contributed by atoms with Crippen molar-refractivity contribution >= 4 is 11.6 Å². The first-order valence-electron chi connectivity index (χ1n) is 7.99. The molecular weight excluding hydrogens is 342 g/mol. The van der Waals surface area contributed by atoms with E-state index in [1.54, 1.807) is 7.11 Å². The van der Waals surface area contributed by atoms with E-state index in [0.29, 0.717) is 23.3 Å². The number of benzene rings is 1. The van der Waals surface area contributed by atoms with E-state index in [1.165, 1.54) is 4.90 Å². The fourth-order valence-corrected chi connectivity index (χ4v) is 3.00. The average Bonchev–Trinajstić information content (AvgIpc) is 3.13. The smallest absolute Gasteiger partial charge is 0.271 e. The third kappa shape index (κ3) is 4.03. The normalized spacial score (nSPS) is 12.4. The van der Waals surface area contributed by atoms with Crippen molar-refractivity contribution in [3.63, 3.8) is 0 Å². The summed E-state index contributed by atoms with van der Waals surface area (Å²) in [5.74, 6) is 3.48. The summed E-state index contributed by atoms with van der Waals surface area (Å²) >= 11 is 6.09. The molecular formula is C18H21ClN3O3+. The lowest BCUT2D eigenvalue weighted by Gasteiger charge is -2.14. The molecule has 0 aliphatic heterocycles. The zero-order chi connectivity index (χ0) is 18.0. The Kier molecular flexibility index (Phi) is 5.11. The van der Waals surface area contributed by atoms with Crippen molar-refractivity contribution in [1.82, 2.24) is 10.2 Å². The van der Waals surface area contributed by atoms with Crippen LogP contribution in [0.1, 0.15) is 23.0 Å². The van der Waals surface area contributed by atoms with Gasteiger partial charge in [-0.1, -0.05) is 11.6 Å². The molecule has 0 saturated heterocycles. The number of ether oxygens (including phenoxy) is 1. The molecule has 0 radical (unpaired) electrons. The summed E-state index contributed by atoms with van der Waals surface area (Å²) in [5.41, 5.74) is 1.87. The minimum absolute atomic E-state index is 0.484. The summed E-state index contributed by atoms with van der Waals surface area (Å²) < 4.78 is 16.7. The Morgan fingerprint density at radius 2 is 1.92 bits per heavy atom. The highest BCUT2D eigenvalue weighted by Gasteiger charge is 2.18. The number of methoxy groups -OCH3 is 1. The highest BCUT2D eigenvalue weighted by Crippen LogP contribution is 2.25. The molecule has 0 spiro atoms. The number of rotatable bonds is 6. The number of nitrogens with one attached hydrogen (secondary N) is 1. The average molecular weight is 363 g/mol. The van der Waals surface area contributed by atoms with Gasteiger partial charge in [0.05, 0.1) is 19.7 Å². The van der Waals surface area contributed by atoms with Crippen LogP contribution >= 0.6 is 11.6 Å². The molecule has 0 aliphatic rings. The van der Waals surface area contributed by atoms with E-state index in [2.05, 4.69) is 17.2 Å². The van der Waals surface area contributed by atoms with E-state index in [1.807, 2.05) is 38.1 Å².